The molecule has 0 spiro atoms. The van der Waals surface area contributed by atoms with E-state index in [1.807, 2.05) is 48.2 Å². The first-order chi connectivity index (χ1) is 17.5. The largest absolute Gasteiger partial charge is 0.477 e. The van der Waals surface area contributed by atoms with Crippen LogP contribution in [0.3, 0.4) is 0 Å². The molecule has 37 heavy (non-hydrogen) atoms. The molecule has 0 saturated carbocycles. The van der Waals surface area contributed by atoms with Gasteiger partial charge in [-0.25, -0.2) is 4.79 Å². The highest BCUT2D eigenvalue weighted by Gasteiger charge is 2.31. The van der Waals surface area contributed by atoms with Crippen molar-refractivity contribution in [3.05, 3.63) is 83.4 Å². The zero-order valence-corrected chi connectivity index (χ0v) is 21.4. The van der Waals surface area contributed by atoms with E-state index in [1.165, 1.54) is 16.7 Å². The molecule has 3 rings (SSSR count). The van der Waals surface area contributed by atoms with Gasteiger partial charge < -0.3 is 20.6 Å². The average molecular weight is 516 g/mol. The molecular formula is C28H35F2N3O4. The third-order valence-electron chi connectivity index (χ3n) is 5.99. The van der Waals surface area contributed by atoms with Gasteiger partial charge in [-0.3, -0.25) is 9.59 Å². The summed E-state index contributed by atoms with van der Waals surface area (Å²) in [5.41, 5.74) is 3.62. The minimum Gasteiger partial charge on any atom is -0.477 e. The van der Waals surface area contributed by atoms with Crippen LogP contribution < -0.4 is 10.6 Å². The molecule has 9 heteroatoms. The lowest BCUT2D eigenvalue weighted by molar-refractivity contribution is -0.161. The number of aliphatic carboxylic acids is 1. The van der Waals surface area contributed by atoms with E-state index in [1.54, 1.807) is 13.1 Å². The number of alkyl halides is 2. The van der Waals surface area contributed by atoms with E-state index in [4.69, 9.17) is 5.11 Å². The Morgan fingerprint density at radius 3 is 2.08 bits per heavy atom. The van der Waals surface area contributed by atoms with Crippen molar-refractivity contribution in [2.45, 2.75) is 64.2 Å². The minimum atomic E-state index is -3.58. The normalized spacial score (nSPS) is 14.4. The Morgan fingerprint density at radius 1 is 1.05 bits per heavy atom. The lowest BCUT2D eigenvalue weighted by Crippen LogP contribution is -2.46. The maximum Gasteiger partial charge on any atom is 0.374 e. The Bertz CT molecular complexity index is 1040. The minimum absolute atomic E-state index is 0.0224. The molecule has 0 aliphatic carbocycles. The number of benzene rings is 2. The highest BCUT2D eigenvalue weighted by Crippen LogP contribution is 2.22. The van der Waals surface area contributed by atoms with E-state index >= 15 is 0 Å². The Kier molecular flexibility index (Phi) is 11.4. The average Bonchev–Trinajstić information content (AvgIpc) is 3.31. The predicted molar refractivity (Wildman–Crippen MR) is 138 cm³/mol. The van der Waals surface area contributed by atoms with Crippen LogP contribution in [0.5, 0.6) is 0 Å². The molecule has 0 saturated heterocycles. The predicted octanol–water partition coefficient (Wildman–Crippen LogP) is 3.93. The fraction of sp³-hybridized carbons (Fsp3) is 0.393. The Hall–Kier alpha value is -3.59. The maximum atomic E-state index is 12.7. The molecule has 2 aromatic rings. The molecule has 1 aliphatic heterocycles. The highest BCUT2D eigenvalue weighted by atomic mass is 19.3. The lowest BCUT2D eigenvalue weighted by atomic mass is 10.0. The molecule has 0 bridgehead atoms. The fourth-order valence-corrected chi connectivity index (χ4v) is 3.78. The van der Waals surface area contributed by atoms with Crippen LogP contribution in [-0.2, 0) is 33.9 Å². The standard InChI is InChI=1S/C25H31N3O2.C3H4F2O2/c1-3-23(26-2)25(30)27-22(14-13-19-9-5-4-6-10-19)15-16-24(29)28-17-20-11-7-8-12-21(20)18-28;1-3(4,5)2(6)7/h4-12,15-16,22-23,26H,3,13-14,17-18H2,1-2H3,(H,27,30);1H3,(H,6,7)/b16-15+;/t22-,23-;/m0./s1. The summed E-state index contributed by atoms with van der Waals surface area (Å²) in [4.78, 5) is 36.4. The second-order valence-corrected chi connectivity index (χ2v) is 8.90. The fourth-order valence-electron chi connectivity index (χ4n) is 3.78. The number of aryl methyl sites for hydroxylation is 1. The number of amides is 2. The highest BCUT2D eigenvalue weighted by molar-refractivity contribution is 5.88. The van der Waals surface area contributed by atoms with Gasteiger partial charge in [0.1, 0.15) is 0 Å². The van der Waals surface area contributed by atoms with Crippen molar-refractivity contribution in [1.82, 2.24) is 15.5 Å². The summed E-state index contributed by atoms with van der Waals surface area (Å²) in [5, 5.41) is 13.6. The number of fused-ring (bicyclic) bond motifs is 1. The third kappa shape index (κ3) is 9.76. The zero-order chi connectivity index (χ0) is 27.4. The zero-order valence-electron chi connectivity index (χ0n) is 21.4. The number of likely N-dealkylation sites (N-methyl/N-ethyl adjacent to an activating group) is 1. The van der Waals surface area contributed by atoms with E-state index in [0.717, 1.165) is 12.8 Å². The summed E-state index contributed by atoms with van der Waals surface area (Å²) in [6.07, 6.45) is 5.73. The first-order valence-electron chi connectivity index (χ1n) is 12.2. The molecule has 0 radical (unpaired) electrons. The molecule has 0 aromatic heterocycles. The summed E-state index contributed by atoms with van der Waals surface area (Å²) in [7, 11) is 1.79. The SMILES string of the molecule is CC(F)(F)C(=O)O.CC[C@H](NC)C(=O)N[C@H](/C=C/C(=O)N1Cc2ccccc2C1)CCc1ccccc1. The molecule has 1 aliphatic rings. The maximum absolute atomic E-state index is 12.7. The topological polar surface area (TPSA) is 98.7 Å². The van der Waals surface area contributed by atoms with Gasteiger partial charge in [-0.2, -0.15) is 8.78 Å². The number of rotatable bonds is 10. The van der Waals surface area contributed by atoms with Gasteiger partial charge in [0, 0.05) is 32.1 Å². The van der Waals surface area contributed by atoms with Crippen molar-refractivity contribution in [3.63, 3.8) is 0 Å². The van der Waals surface area contributed by atoms with Gasteiger partial charge in [0.15, 0.2) is 0 Å². The summed E-state index contributed by atoms with van der Waals surface area (Å²) in [6.45, 7) is 3.58. The second kappa shape index (κ2) is 14.2. The molecule has 3 N–H and O–H groups in total. The molecule has 1 heterocycles. The van der Waals surface area contributed by atoms with Crippen molar-refractivity contribution in [1.29, 1.82) is 0 Å². The summed E-state index contributed by atoms with van der Waals surface area (Å²) in [5.74, 6) is -5.73. The lowest BCUT2D eigenvalue weighted by Gasteiger charge is -2.20. The van der Waals surface area contributed by atoms with Gasteiger partial charge in [-0.15, -0.1) is 0 Å². The number of nitrogens with one attached hydrogen (secondary N) is 2. The number of hydrogen-bond donors (Lipinski definition) is 3. The Balaban J connectivity index is 0.000000604. The van der Waals surface area contributed by atoms with Gasteiger partial charge in [-0.05, 0) is 43.0 Å². The summed E-state index contributed by atoms with van der Waals surface area (Å²) < 4.78 is 22.5. The Labute approximate surface area is 216 Å². The van der Waals surface area contributed by atoms with Gasteiger partial charge in [0.05, 0.1) is 6.04 Å². The van der Waals surface area contributed by atoms with Crippen molar-refractivity contribution < 1.29 is 28.3 Å². The monoisotopic (exact) mass is 515 g/mol. The molecule has 2 amide bonds. The van der Waals surface area contributed by atoms with E-state index in [0.29, 0.717) is 26.4 Å². The van der Waals surface area contributed by atoms with Crippen molar-refractivity contribution in [2.75, 3.05) is 7.05 Å². The number of nitrogens with zero attached hydrogens (tertiary/aromatic N) is 1. The van der Waals surface area contributed by atoms with Gasteiger partial charge in [0.2, 0.25) is 11.8 Å². The van der Waals surface area contributed by atoms with Crippen molar-refractivity contribution in [2.24, 2.45) is 0 Å². The van der Waals surface area contributed by atoms with Gasteiger partial charge in [0.25, 0.3) is 0 Å². The van der Waals surface area contributed by atoms with Crippen LogP contribution in [0.25, 0.3) is 0 Å². The van der Waals surface area contributed by atoms with E-state index < -0.39 is 11.9 Å². The van der Waals surface area contributed by atoms with Gasteiger partial charge in [-0.1, -0.05) is 67.6 Å². The molecule has 7 nitrogen and oxygen atoms in total. The molecular weight excluding hydrogens is 480 g/mol. The van der Waals surface area contributed by atoms with Crippen molar-refractivity contribution in [3.8, 4) is 0 Å². The molecule has 200 valence electrons. The van der Waals surface area contributed by atoms with E-state index in [-0.39, 0.29) is 23.9 Å². The van der Waals surface area contributed by atoms with Crippen LogP contribution in [0.15, 0.2) is 66.7 Å². The molecule has 0 unspecified atom stereocenters. The van der Waals surface area contributed by atoms with Crippen LogP contribution in [0.2, 0.25) is 0 Å². The van der Waals surface area contributed by atoms with Crippen molar-refractivity contribution >= 4 is 17.8 Å². The van der Waals surface area contributed by atoms with Crippen LogP contribution >= 0.6 is 0 Å². The molecule has 2 aromatic carbocycles. The number of carbonyl (C=O) groups excluding carboxylic acids is 2. The van der Waals surface area contributed by atoms with Crippen LogP contribution in [-0.4, -0.2) is 52.8 Å². The Morgan fingerprint density at radius 2 is 1.59 bits per heavy atom. The molecule has 2 atom stereocenters. The number of carbonyl (C=O) groups is 3. The quantitative estimate of drug-likeness (QED) is 0.417. The smallest absolute Gasteiger partial charge is 0.374 e. The van der Waals surface area contributed by atoms with Gasteiger partial charge >= 0.3 is 11.9 Å². The first kappa shape index (κ1) is 29.6. The molecule has 0 fully saturated rings. The summed E-state index contributed by atoms with van der Waals surface area (Å²) in [6, 6.07) is 17.9. The number of halogens is 2. The third-order valence-corrected chi connectivity index (χ3v) is 5.99. The van der Waals surface area contributed by atoms with Crippen LogP contribution in [0.1, 0.15) is 43.4 Å². The van der Waals surface area contributed by atoms with Crippen LogP contribution in [0.4, 0.5) is 8.78 Å². The van der Waals surface area contributed by atoms with E-state index in [9.17, 15) is 23.2 Å². The first-order valence-corrected chi connectivity index (χ1v) is 12.2. The number of carboxylic acids is 1. The van der Waals surface area contributed by atoms with E-state index in [2.05, 4.69) is 34.9 Å². The summed E-state index contributed by atoms with van der Waals surface area (Å²) >= 11 is 0. The second-order valence-electron chi connectivity index (χ2n) is 8.90. The van der Waals surface area contributed by atoms with Crippen LogP contribution in [0, 0.1) is 0 Å². The number of hydrogen-bond acceptors (Lipinski definition) is 4. The number of carboxylic acid groups (broad SMARTS) is 1.